The lowest BCUT2D eigenvalue weighted by Crippen LogP contribution is -2.28. The van der Waals surface area contributed by atoms with E-state index in [4.69, 9.17) is 9.47 Å². The van der Waals surface area contributed by atoms with Gasteiger partial charge in [0.25, 0.3) is 0 Å². The van der Waals surface area contributed by atoms with Gasteiger partial charge in [-0.25, -0.2) is 0 Å². The molecule has 0 heterocycles. The number of allylic oxidation sites excluding steroid dienone is 16. The maximum atomic E-state index is 12.2. The van der Waals surface area contributed by atoms with Crippen LogP contribution in [-0.2, 0) is 19.1 Å². The van der Waals surface area contributed by atoms with Crippen LogP contribution < -0.4 is 0 Å². The number of rotatable bonds is 40. The molecule has 0 aromatic rings. The fourth-order valence-corrected chi connectivity index (χ4v) is 5.94. The zero-order valence-corrected chi connectivity index (χ0v) is 36.1. The quantitative estimate of drug-likeness (QED) is 0.0381. The van der Waals surface area contributed by atoms with Crippen LogP contribution in [0.3, 0.4) is 0 Å². The molecule has 318 valence electrons. The van der Waals surface area contributed by atoms with Crippen LogP contribution in [0.5, 0.6) is 0 Å². The van der Waals surface area contributed by atoms with Crippen molar-refractivity contribution >= 4 is 11.9 Å². The zero-order valence-electron chi connectivity index (χ0n) is 36.1. The first-order valence-electron chi connectivity index (χ1n) is 22.8. The summed E-state index contributed by atoms with van der Waals surface area (Å²) in [7, 11) is 0. The Kier molecular flexibility index (Phi) is 43.6. The van der Waals surface area contributed by atoms with E-state index >= 15 is 0 Å². The molecule has 0 saturated heterocycles. The number of aliphatic hydroxyl groups is 1. The van der Waals surface area contributed by atoms with Crippen LogP contribution in [0.4, 0.5) is 0 Å². The molecule has 0 aliphatic heterocycles. The van der Waals surface area contributed by atoms with Crippen molar-refractivity contribution in [3.8, 4) is 0 Å². The molecule has 0 aromatic carbocycles. The van der Waals surface area contributed by atoms with E-state index < -0.39 is 6.10 Å². The Balaban J connectivity index is 3.64. The van der Waals surface area contributed by atoms with Gasteiger partial charge in [-0.05, 0) is 96.3 Å². The number of esters is 2. The van der Waals surface area contributed by atoms with E-state index in [1.165, 1.54) is 70.6 Å². The Hall–Kier alpha value is -3.18. The molecule has 0 bridgehead atoms. The van der Waals surface area contributed by atoms with Gasteiger partial charge in [-0.1, -0.05) is 182 Å². The Morgan fingerprint density at radius 1 is 0.429 bits per heavy atom. The summed E-state index contributed by atoms with van der Waals surface area (Å²) in [6, 6.07) is 0. The molecule has 1 unspecified atom stereocenters. The van der Waals surface area contributed by atoms with Crippen molar-refractivity contribution in [3.05, 3.63) is 97.2 Å². The maximum Gasteiger partial charge on any atom is 0.306 e. The minimum absolute atomic E-state index is 0.0843. The average molecular weight is 777 g/mol. The van der Waals surface area contributed by atoms with Crippen LogP contribution in [0.1, 0.15) is 194 Å². The van der Waals surface area contributed by atoms with E-state index in [0.29, 0.717) is 12.8 Å². The summed E-state index contributed by atoms with van der Waals surface area (Å²) in [5.41, 5.74) is 0. The fraction of sp³-hybridized carbons (Fsp3) is 0.647. The van der Waals surface area contributed by atoms with Crippen LogP contribution in [0.25, 0.3) is 0 Å². The van der Waals surface area contributed by atoms with Gasteiger partial charge in [-0.15, -0.1) is 0 Å². The Labute approximate surface area is 345 Å². The summed E-state index contributed by atoms with van der Waals surface area (Å²) in [6.07, 6.45) is 64.7. The van der Waals surface area contributed by atoms with Crippen molar-refractivity contribution < 1.29 is 24.2 Å². The highest BCUT2D eigenvalue weighted by Gasteiger charge is 2.16. The van der Waals surface area contributed by atoms with E-state index in [1.807, 2.05) is 0 Å². The number of hydrogen-bond donors (Lipinski definition) is 1. The number of hydrogen-bond acceptors (Lipinski definition) is 5. The van der Waals surface area contributed by atoms with Crippen LogP contribution >= 0.6 is 0 Å². The highest BCUT2D eigenvalue weighted by atomic mass is 16.6. The highest BCUT2D eigenvalue weighted by Crippen LogP contribution is 2.13. The van der Waals surface area contributed by atoms with Crippen LogP contribution in [-0.4, -0.2) is 36.4 Å². The molecule has 1 N–H and O–H groups in total. The molecule has 5 nitrogen and oxygen atoms in total. The number of unbranched alkanes of at least 4 members (excludes halogenated alkanes) is 16. The standard InChI is InChI=1S/C51H84O5/c1-3-5-7-9-11-13-15-17-19-21-23-24-25-26-28-30-32-34-36-38-40-42-44-46-51(54)56-49(47-52)48-55-50(53)45-43-41-39-37-35-33-31-29-27-22-20-18-16-14-12-10-8-6-4-2/h5,7,11-14,17-20,23-24,26,28,32,34,49,52H,3-4,6,8-10,15-16,21-22,25,27,29-31,33,35-48H2,1-2H3/b7-5-,13-11-,14-12-,19-17-,20-18-,24-23-,28-26-,34-32-. The monoisotopic (exact) mass is 777 g/mol. The second-order valence-corrected chi connectivity index (χ2v) is 14.7. The predicted octanol–water partition coefficient (Wildman–Crippen LogP) is 14.8. The summed E-state index contributed by atoms with van der Waals surface area (Å²) in [5, 5.41) is 9.60. The number of carbonyl (C=O) groups is 2. The SMILES string of the molecule is CC/C=C\C/C=C\C/C=C\C/C=C\C/C=C\C/C=C\CCCCCCC(=O)OC(CO)COC(=O)CCCCCCCCCCC/C=C\C/C=C\CCCCC. The third kappa shape index (κ3) is 43.5. The van der Waals surface area contributed by atoms with Crippen LogP contribution in [0.15, 0.2) is 97.2 Å². The van der Waals surface area contributed by atoms with Gasteiger partial charge in [0.2, 0.25) is 0 Å². The number of ether oxygens (including phenoxy) is 2. The minimum Gasteiger partial charge on any atom is -0.462 e. The third-order valence-electron chi connectivity index (χ3n) is 9.36. The molecule has 1 atom stereocenters. The molecule has 0 saturated carbocycles. The molecule has 0 fully saturated rings. The summed E-state index contributed by atoms with van der Waals surface area (Å²) >= 11 is 0. The highest BCUT2D eigenvalue weighted by molar-refractivity contribution is 5.70. The van der Waals surface area contributed by atoms with E-state index in [2.05, 4.69) is 111 Å². The molecule has 5 heteroatoms. The van der Waals surface area contributed by atoms with Gasteiger partial charge >= 0.3 is 11.9 Å². The van der Waals surface area contributed by atoms with Crippen molar-refractivity contribution in [2.75, 3.05) is 13.2 Å². The van der Waals surface area contributed by atoms with Crippen LogP contribution in [0.2, 0.25) is 0 Å². The molecule has 0 spiro atoms. The van der Waals surface area contributed by atoms with Crippen molar-refractivity contribution in [2.45, 2.75) is 200 Å². The predicted molar refractivity (Wildman–Crippen MR) is 242 cm³/mol. The zero-order chi connectivity index (χ0) is 40.7. The van der Waals surface area contributed by atoms with E-state index in [1.54, 1.807) is 0 Å². The van der Waals surface area contributed by atoms with Gasteiger partial charge in [-0.3, -0.25) is 9.59 Å². The molecule has 0 rings (SSSR count). The molecule has 0 amide bonds. The molecule has 56 heavy (non-hydrogen) atoms. The molecule has 0 aromatic heterocycles. The van der Waals surface area contributed by atoms with Crippen LogP contribution in [0, 0.1) is 0 Å². The average Bonchev–Trinajstić information content (AvgIpc) is 3.20. The van der Waals surface area contributed by atoms with Gasteiger partial charge < -0.3 is 14.6 Å². The van der Waals surface area contributed by atoms with E-state index in [9.17, 15) is 14.7 Å². The Bertz CT molecular complexity index is 1110. The number of aliphatic hydroxyl groups excluding tert-OH is 1. The fourth-order valence-electron chi connectivity index (χ4n) is 5.94. The first-order valence-corrected chi connectivity index (χ1v) is 22.8. The second kappa shape index (κ2) is 46.2. The topological polar surface area (TPSA) is 72.8 Å². The van der Waals surface area contributed by atoms with Gasteiger partial charge in [0.05, 0.1) is 6.61 Å². The molecular weight excluding hydrogens is 693 g/mol. The molecule has 0 radical (unpaired) electrons. The molecular formula is C51H84O5. The summed E-state index contributed by atoms with van der Waals surface area (Å²) in [6.45, 7) is 3.97. The smallest absolute Gasteiger partial charge is 0.306 e. The minimum atomic E-state index is -0.794. The normalized spacial score (nSPS) is 13.1. The van der Waals surface area contributed by atoms with Gasteiger partial charge in [-0.2, -0.15) is 0 Å². The van der Waals surface area contributed by atoms with Gasteiger partial charge in [0.1, 0.15) is 6.61 Å². The lowest BCUT2D eigenvalue weighted by Gasteiger charge is -2.15. The summed E-state index contributed by atoms with van der Waals surface area (Å²) in [4.78, 5) is 24.4. The second-order valence-electron chi connectivity index (χ2n) is 14.7. The lowest BCUT2D eigenvalue weighted by molar-refractivity contribution is -0.161. The summed E-state index contributed by atoms with van der Waals surface area (Å²) in [5.74, 6) is -0.631. The van der Waals surface area contributed by atoms with Crippen molar-refractivity contribution in [3.63, 3.8) is 0 Å². The molecule has 0 aliphatic carbocycles. The first-order chi connectivity index (χ1) is 27.6. The van der Waals surface area contributed by atoms with Crippen molar-refractivity contribution in [1.82, 2.24) is 0 Å². The Morgan fingerprint density at radius 3 is 1.16 bits per heavy atom. The Morgan fingerprint density at radius 2 is 0.768 bits per heavy atom. The van der Waals surface area contributed by atoms with Crippen molar-refractivity contribution in [1.29, 1.82) is 0 Å². The lowest BCUT2D eigenvalue weighted by atomic mass is 10.1. The van der Waals surface area contributed by atoms with Gasteiger partial charge in [0, 0.05) is 12.8 Å². The first kappa shape index (κ1) is 52.8. The van der Waals surface area contributed by atoms with Gasteiger partial charge in [0.15, 0.2) is 6.10 Å². The maximum absolute atomic E-state index is 12.2. The van der Waals surface area contributed by atoms with E-state index in [0.717, 1.165) is 96.3 Å². The summed E-state index contributed by atoms with van der Waals surface area (Å²) < 4.78 is 10.6. The molecule has 0 aliphatic rings. The number of carbonyl (C=O) groups excluding carboxylic acids is 2. The third-order valence-corrected chi connectivity index (χ3v) is 9.36. The van der Waals surface area contributed by atoms with Crippen molar-refractivity contribution in [2.24, 2.45) is 0 Å². The largest absolute Gasteiger partial charge is 0.462 e. The van der Waals surface area contributed by atoms with E-state index in [-0.39, 0.29) is 25.2 Å².